The fourth-order valence-corrected chi connectivity index (χ4v) is 4.54. The van der Waals surface area contributed by atoms with Gasteiger partial charge in [0.1, 0.15) is 12.4 Å². The molecule has 8 heteroatoms. The van der Waals surface area contributed by atoms with Gasteiger partial charge in [0.05, 0.1) is 28.1 Å². The van der Waals surface area contributed by atoms with Gasteiger partial charge in [-0.25, -0.2) is 0 Å². The zero-order chi connectivity index (χ0) is 23.4. The summed E-state index contributed by atoms with van der Waals surface area (Å²) in [5, 5.41) is 9.26. The number of hydrogen-bond donors (Lipinski definition) is 0. The van der Waals surface area contributed by atoms with Crippen molar-refractivity contribution in [1.29, 1.82) is 5.26 Å². The number of benzene rings is 3. The van der Waals surface area contributed by atoms with Crippen molar-refractivity contribution in [3.8, 4) is 11.8 Å². The quantitative estimate of drug-likeness (QED) is 0.323. The molecule has 4 rings (SSSR count). The molecule has 1 aliphatic heterocycles. The molecule has 33 heavy (non-hydrogen) atoms. The summed E-state index contributed by atoms with van der Waals surface area (Å²) in [4.78, 5) is 26.8. The Morgan fingerprint density at radius 3 is 2.58 bits per heavy atom. The highest BCUT2D eigenvalue weighted by Crippen LogP contribution is 2.35. The molecule has 0 aromatic heterocycles. The number of thioether (sulfide) groups is 1. The van der Waals surface area contributed by atoms with E-state index in [-0.39, 0.29) is 24.3 Å². The fourth-order valence-electron chi connectivity index (χ4n) is 3.19. The van der Waals surface area contributed by atoms with Gasteiger partial charge in [0.15, 0.2) is 0 Å². The topological polar surface area (TPSA) is 70.4 Å². The number of amides is 2. The minimum absolute atomic E-state index is 0.206. The van der Waals surface area contributed by atoms with Crippen LogP contribution in [0.25, 0.3) is 6.08 Å². The van der Waals surface area contributed by atoms with Gasteiger partial charge in [-0.1, -0.05) is 63.9 Å². The van der Waals surface area contributed by atoms with Crippen LogP contribution in [-0.4, -0.2) is 16.0 Å². The highest BCUT2D eigenvalue weighted by molar-refractivity contribution is 9.10. The summed E-state index contributed by atoms with van der Waals surface area (Å²) < 4.78 is 6.71. The van der Waals surface area contributed by atoms with E-state index in [1.54, 1.807) is 36.4 Å². The van der Waals surface area contributed by atoms with Gasteiger partial charge in [-0.2, -0.15) is 5.26 Å². The van der Waals surface area contributed by atoms with Crippen molar-refractivity contribution >= 4 is 56.5 Å². The molecule has 0 unspecified atom stereocenters. The summed E-state index contributed by atoms with van der Waals surface area (Å²) in [6.45, 7) is 0.421. The van der Waals surface area contributed by atoms with Crippen molar-refractivity contribution in [2.45, 2.75) is 13.2 Å². The lowest BCUT2D eigenvalue weighted by Crippen LogP contribution is -2.27. The predicted octanol–water partition coefficient (Wildman–Crippen LogP) is 6.79. The lowest BCUT2D eigenvalue weighted by Gasteiger charge is -2.12. The summed E-state index contributed by atoms with van der Waals surface area (Å²) in [6.07, 6.45) is 1.65. The largest absolute Gasteiger partial charge is 0.487 e. The van der Waals surface area contributed by atoms with E-state index < -0.39 is 0 Å². The van der Waals surface area contributed by atoms with E-state index in [2.05, 4.69) is 22.0 Å². The van der Waals surface area contributed by atoms with E-state index >= 15 is 0 Å². The van der Waals surface area contributed by atoms with Crippen LogP contribution in [-0.2, 0) is 17.9 Å². The summed E-state index contributed by atoms with van der Waals surface area (Å²) in [7, 11) is 0. The Morgan fingerprint density at radius 2 is 1.85 bits per heavy atom. The molecular formula is C25H16BrClN2O3S. The van der Waals surface area contributed by atoms with Crippen LogP contribution in [0.3, 0.4) is 0 Å². The Hall–Kier alpha value is -3.05. The van der Waals surface area contributed by atoms with Crippen molar-refractivity contribution in [2.24, 2.45) is 0 Å². The SMILES string of the molecule is N#Cc1ccccc1COc1ccc(/C=C2\SC(=O)N(Cc3ccc(Br)cc3)C2=O)cc1Cl. The average molecular weight is 540 g/mol. The predicted molar refractivity (Wildman–Crippen MR) is 133 cm³/mol. The summed E-state index contributed by atoms with van der Waals surface area (Å²) in [5.74, 6) is 0.127. The zero-order valence-electron chi connectivity index (χ0n) is 17.1. The second-order valence-electron chi connectivity index (χ2n) is 7.14. The standard InChI is InChI=1S/C25H16BrClN2O3S/c26-20-8-5-16(6-9-20)14-29-24(30)23(33-25(29)31)12-17-7-10-22(21(27)11-17)32-15-19-4-2-1-3-18(19)13-28/h1-12H,14-15H2/b23-12-. The number of halogens is 2. The summed E-state index contributed by atoms with van der Waals surface area (Å²) >= 11 is 10.7. The molecule has 0 saturated carbocycles. The molecule has 1 aliphatic rings. The first-order valence-electron chi connectivity index (χ1n) is 9.85. The van der Waals surface area contributed by atoms with Crippen LogP contribution in [0.5, 0.6) is 5.75 Å². The van der Waals surface area contributed by atoms with E-state index in [1.807, 2.05) is 36.4 Å². The monoisotopic (exact) mass is 538 g/mol. The van der Waals surface area contributed by atoms with Gasteiger partial charge in [-0.3, -0.25) is 14.5 Å². The lowest BCUT2D eigenvalue weighted by atomic mass is 10.1. The maximum Gasteiger partial charge on any atom is 0.293 e. The van der Waals surface area contributed by atoms with Gasteiger partial charge in [-0.15, -0.1) is 0 Å². The number of rotatable bonds is 6. The molecule has 1 saturated heterocycles. The molecule has 1 fully saturated rings. The van der Waals surface area contributed by atoms with Gasteiger partial charge in [-0.05, 0) is 59.3 Å². The number of nitriles is 1. The second kappa shape index (κ2) is 10.3. The number of carbonyl (C=O) groups excluding carboxylic acids is 2. The highest BCUT2D eigenvalue weighted by Gasteiger charge is 2.35. The molecule has 0 N–H and O–H groups in total. The zero-order valence-corrected chi connectivity index (χ0v) is 20.3. The second-order valence-corrected chi connectivity index (χ2v) is 9.46. The third-order valence-corrected chi connectivity index (χ3v) is 6.63. The van der Waals surface area contributed by atoms with Crippen LogP contribution >= 0.6 is 39.3 Å². The molecule has 3 aromatic carbocycles. The average Bonchev–Trinajstić information content (AvgIpc) is 3.07. The van der Waals surface area contributed by atoms with E-state index in [4.69, 9.17) is 16.3 Å². The van der Waals surface area contributed by atoms with Crippen LogP contribution < -0.4 is 4.74 Å². The summed E-state index contributed by atoms with van der Waals surface area (Å²) in [5.41, 5.74) is 2.85. The Balaban J connectivity index is 1.46. The van der Waals surface area contributed by atoms with Crippen molar-refractivity contribution in [3.05, 3.63) is 103 Å². The van der Waals surface area contributed by atoms with Crippen molar-refractivity contribution in [3.63, 3.8) is 0 Å². The molecule has 0 bridgehead atoms. The van der Waals surface area contributed by atoms with Gasteiger partial charge < -0.3 is 4.74 Å². The molecule has 2 amide bonds. The lowest BCUT2D eigenvalue weighted by molar-refractivity contribution is -0.123. The highest BCUT2D eigenvalue weighted by atomic mass is 79.9. The maximum atomic E-state index is 12.8. The van der Waals surface area contributed by atoms with E-state index in [1.165, 1.54) is 4.90 Å². The normalized spacial score (nSPS) is 14.6. The third-order valence-electron chi connectivity index (χ3n) is 4.90. The first-order chi connectivity index (χ1) is 15.9. The minimum Gasteiger partial charge on any atom is -0.487 e. The van der Waals surface area contributed by atoms with Crippen LogP contribution in [0.2, 0.25) is 5.02 Å². The fraction of sp³-hybridized carbons (Fsp3) is 0.0800. The van der Waals surface area contributed by atoms with Crippen LogP contribution in [0.1, 0.15) is 22.3 Å². The molecule has 1 heterocycles. The first kappa shape index (κ1) is 23.1. The Bertz CT molecular complexity index is 1300. The number of hydrogen-bond acceptors (Lipinski definition) is 5. The molecule has 3 aromatic rings. The molecule has 0 radical (unpaired) electrons. The van der Waals surface area contributed by atoms with Gasteiger partial charge in [0.2, 0.25) is 0 Å². The Morgan fingerprint density at radius 1 is 1.09 bits per heavy atom. The van der Waals surface area contributed by atoms with Crippen LogP contribution in [0.4, 0.5) is 4.79 Å². The van der Waals surface area contributed by atoms with Crippen LogP contribution in [0.15, 0.2) is 76.1 Å². The van der Waals surface area contributed by atoms with Crippen molar-refractivity contribution in [2.75, 3.05) is 0 Å². The van der Waals surface area contributed by atoms with Crippen molar-refractivity contribution in [1.82, 2.24) is 4.90 Å². The smallest absolute Gasteiger partial charge is 0.293 e. The van der Waals surface area contributed by atoms with Gasteiger partial charge in [0.25, 0.3) is 11.1 Å². The van der Waals surface area contributed by atoms with E-state index in [0.717, 1.165) is 27.4 Å². The Kier molecular flexibility index (Phi) is 7.19. The molecule has 164 valence electrons. The number of ether oxygens (including phenoxy) is 1. The van der Waals surface area contributed by atoms with Crippen molar-refractivity contribution < 1.29 is 14.3 Å². The molecule has 0 atom stereocenters. The van der Waals surface area contributed by atoms with Gasteiger partial charge in [0, 0.05) is 10.0 Å². The van der Waals surface area contributed by atoms with Gasteiger partial charge >= 0.3 is 0 Å². The maximum absolute atomic E-state index is 12.8. The first-order valence-corrected chi connectivity index (χ1v) is 11.8. The Labute approximate surface area is 208 Å². The number of carbonyl (C=O) groups is 2. The minimum atomic E-state index is -0.336. The molecule has 5 nitrogen and oxygen atoms in total. The van der Waals surface area contributed by atoms with Crippen LogP contribution in [0, 0.1) is 11.3 Å². The summed E-state index contributed by atoms with van der Waals surface area (Å²) in [6, 6.07) is 21.9. The molecule has 0 spiro atoms. The number of nitrogens with zero attached hydrogens (tertiary/aromatic N) is 2. The molecule has 0 aliphatic carbocycles. The molecular weight excluding hydrogens is 524 g/mol. The van der Waals surface area contributed by atoms with E-state index in [0.29, 0.717) is 26.8 Å². The van der Waals surface area contributed by atoms with E-state index in [9.17, 15) is 14.9 Å². The number of imide groups is 1. The third kappa shape index (κ3) is 5.48.